The first kappa shape index (κ1) is 30.0. The van der Waals surface area contributed by atoms with Crippen molar-refractivity contribution in [2.45, 2.75) is 30.8 Å². The Morgan fingerprint density at radius 2 is 1.71 bits per heavy atom. The molecule has 3 aromatic rings. The molecule has 2 aliphatic heterocycles. The lowest BCUT2D eigenvalue weighted by Gasteiger charge is -2.34. The maximum atomic E-state index is 14.2. The summed E-state index contributed by atoms with van der Waals surface area (Å²) in [5.74, 6) is -0.532. The number of imidazole rings is 1. The van der Waals surface area contributed by atoms with Gasteiger partial charge in [-0.05, 0) is 42.8 Å². The molecule has 1 amide bonds. The number of hydrogen-bond acceptors (Lipinski definition) is 7. The van der Waals surface area contributed by atoms with Crippen LogP contribution in [0.15, 0.2) is 58.2 Å². The summed E-state index contributed by atoms with van der Waals surface area (Å²) in [7, 11) is -4.03. The van der Waals surface area contributed by atoms with Crippen molar-refractivity contribution in [1.82, 2.24) is 18.8 Å². The zero-order valence-electron chi connectivity index (χ0n) is 22.4. The minimum absolute atomic E-state index is 0.0653. The molecule has 14 heteroatoms. The number of sulfonamides is 1. The molecule has 0 spiro atoms. The Labute approximate surface area is 257 Å². The molecule has 2 aliphatic rings. The van der Waals surface area contributed by atoms with Crippen LogP contribution in [-0.2, 0) is 36.3 Å². The van der Waals surface area contributed by atoms with Crippen molar-refractivity contribution < 1.29 is 22.7 Å². The van der Waals surface area contributed by atoms with E-state index in [9.17, 15) is 18.0 Å². The van der Waals surface area contributed by atoms with E-state index in [1.807, 2.05) is 29.2 Å². The summed E-state index contributed by atoms with van der Waals surface area (Å²) < 4.78 is 37.0. The van der Waals surface area contributed by atoms with Gasteiger partial charge in [0.1, 0.15) is 12.1 Å². The predicted molar refractivity (Wildman–Crippen MR) is 159 cm³/mol. The van der Waals surface area contributed by atoms with E-state index in [1.165, 1.54) is 26.9 Å². The number of piperazine rings is 1. The van der Waals surface area contributed by atoms with Gasteiger partial charge in [0.05, 0.1) is 11.9 Å². The number of esters is 1. The number of nitrogens with zero attached hydrogens (tertiary/aromatic N) is 5. The molecule has 1 aromatic heterocycles. The number of ether oxygens (including phenoxy) is 1. The van der Waals surface area contributed by atoms with Gasteiger partial charge >= 0.3 is 5.97 Å². The summed E-state index contributed by atoms with van der Waals surface area (Å²) in [5, 5.41) is 0.600. The average Bonchev–Trinajstić information content (AvgIpc) is 3.43. The first-order chi connectivity index (χ1) is 19.4. The largest absolute Gasteiger partial charge is 0.465 e. The lowest BCUT2D eigenvalue weighted by Crippen LogP contribution is -2.50. The number of rotatable bonds is 8. The lowest BCUT2D eigenvalue weighted by molar-refractivity contribution is -0.141. The molecule has 3 heterocycles. The SMILES string of the molecule is CC(=O)OCCN1CCN(S(=O)(=O)c2cnc3n2[C@](C)(Cc2ccc(Br)cc2)C(=O)N3c2cc(Cl)cc(Cl)c2)CC1. The van der Waals surface area contributed by atoms with Crippen LogP contribution in [0.1, 0.15) is 19.4 Å². The van der Waals surface area contributed by atoms with Crippen LogP contribution in [-0.4, -0.2) is 78.4 Å². The van der Waals surface area contributed by atoms with Crippen molar-refractivity contribution in [3.8, 4) is 0 Å². The molecule has 5 rings (SSSR count). The van der Waals surface area contributed by atoms with Crippen LogP contribution >= 0.6 is 39.1 Å². The van der Waals surface area contributed by atoms with Gasteiger partial charge in [0.2, 0.25) is 5.95 Å². The van der Waals surface area contributed by atoms with E-state index in [-0.39, 0.29) is 49.0 Å². The molecule has 41 heavy (non-hydrogen) atoms. The van der Waals surface area contributed by atoms with Crippen LogP contribution < -0.4 is 4.90 Å². The zero-order valence-corrected chi connectivity index (χ0v) is 26.3. The van der Waals surface area contributed by atoms with Crippen molar-refractivity contribution in [2.75, 3.05) is 44.2 Å². The van der Waals surface area contributed by atoms with Crippen molar-refractivity contribution in [1.29, 1.82) is 0 Å². The number of fused-ring (bicyclic) bond motifs is 1. The fraction of sp³-hybridized carbons (Fsp3) is 0.370. The summed E-state index contributed by atoms with van der Waals surface area (Å²) in [6, 6.07) is 12.3. The van der Waals surface area contributed by atoms with E-state index in [2.05, 4.69) is 20.9 Å². The van der Waals surface area contributed by atoms with Gasteiger partial charge in [-0.2, -0.15) is 4.31 Å². The highest BCUT2D eigenvalue weighted by atomic mass is 79.9. The van der Waals surface area contributed by atoms with E-state index in [0.717, 1.165) is 10.0 Å². The lowest BCUT2D eigenvalue weighted by atomic mass is 9.92. The second-order valence-corrected chi connectivity index (χ2v) is 13.8. The summed E-state index contributed by atoms with van der Waals surface area (Å²) in [5.41, 5.74) is -0.0773. The fourth-order valence-electron chi connectivity index (χ4n) is 5.26. The van der Waals surface area contributed by atoms with Gasteiger partial charge in [-0.25, -0.2) is 18.3 Å². The van der Waals surface area contributed by atoms with Gasteiger partial charge in [-0.3, -0.25) is 19.1 Å². The maximum absolute atomic E-state index is 14.2. The monoisotopic (exact) mass is 683 g/mol. The number of anilines is 2. The Balaban J connectivity index is 1.51. The molecule has 2 aromatic carbocycles. The van der Waals surface area contributed by atoms with Crippen LogP contribution in [0.4, 0.5) is 11.6 Å². The van der Waals surface area contributed by atoms with Crippen LogP contribution in [0.5, 0.6) is 0 Å². The molecular formula is C27H28BrCl2N5O5S. The smallest absolute Gasteiger partial charge is 0.302 e. The molecule has 1 saturated heterocycles. The van der Waals surface area contributed by atoms with Gasteiger partial charge in [-0.15, -0.1) is 0 Å². The minimum atomic E-state index is -4.03. The van der Waals surface area contributed by atoms with Gasteiger partial charge in [0, 0.05) is 60.6 Å². The molecule has 1 atom stereocenters. The molecule has 0 radical (unpaired) electrons. The Bertz CT molecular complexity index is 1570. The van der Waals surface area contributed by atoms with E-state index < -0.39 is 15.6 Å². The maximum Gasteiger partial charge on any atom is 0.302 e. The highest BCUT2D eigenvalue weighted by Crippen LogP contribution is 2.45. The third-order valence-electron chi connectivity index (χ3n) is 7.28. The standard InChI is InChI=1S/C27H28BrCl2N5O5S/c1-18(36)40-12-11-32-7-9-33(10-8-32)41(38,39)24-17-31-26-34(23-14-21(29)13-22(30)15-23)25(37)27(2,35(24)26)16-19-3-5-20(28)6-4-19/h3-6,13-15,17H,7-12,16H2,1-2H3/t27-/m1/s1. The quantitative estimate of drug-likeness (QED) is 0.323. The average molecular weight is 685 g/mol. The number of halogens is 3. The first-order valence-electron chi connectivity index (χ1n) is 12.9. The highest BCUT2D eigenvalue weighted by Gasteiger charge is 2.52. The van der Waals surface area contributed by atoms with E-state index >= 15 is 0 Å². The molecule has 218 valence electrons. The van der Waals surface area contributed by atoms with E-state index in [1.54, 1.807) is 25.1 Å². The third kappa shape index (κ3) is 5.91. The van der Waals surface area contributed by atoms with Crippen molar-refractivity contribution in [3.05, 3.63) is 68.7 Å². The van der Waals surface area contributed by atoms with Gasteiger partial charge < -0.3 is 4.74 Å². The summed E-state index contributed by atoms with van der Waals surface area (Å²) in [6.45, 7) is 5.28. The molecule has 1 fully saturated rings. The minimum Gasteiger partial charge on any atom is -0.465 e. The normalized spacial score (nSPS) is 19.9. The second-order valence-electron chi connectivity index (χ2n) is 10.2. The topological polar surface area (TPSA) is 105 Å². The number of carbonyl (C=O) groups is 2. The Morgan fingerprint density at radius 1 is 1.07 bits per heavy atom. The number of aromatic nitrogens is 2. The number of amides is 1. The van der Waals surface area contributed by atoms with E-state index in [0.29, 0.717) is 35.4 Å². The number of benzene rings is 2. The number of carbonyl (C=O) groups excluding carboxylic acids is 2. The zero-order chi connectivity index (χ0) is 29.5. The summed E-state index contributed by atoms with van der Waals surface area (Å²) in [6.07, 6.45) is 1.53. The third-order valence-corrected chi connectivity index (χ3v) is 10.1. The molecule has 0 saturated carbocycles. The molecule has 10 nitrogen and oxygen atoms in total. The predicted octanol–water partition coefficient (Wildman–Crippen LogP) is 4.46. The first-order valence-corrected chi connectivity index (χ1v) is 15.9. The molecule has 0 unspecified atom stereocenters. The molecule has 0 aliphatic carbocycles. The highest BCUT2D eigenvalue weighted by molar-refractivity contribution is 9.10. The molecular weight excluding hydrogens is 657 g/mol. The van der Waals surface area contributed by atoms with E-state index in [4.69, 9.17) is 27.9 Å². The van der Waals surface area contributed by atoms with Crippen LogP contribution in [0, 0.1) is 0 Å². The van der Waals surface area contributed by atoms with Gasteiger partial charge in [0.25, 0.3) is 15.9 Å². The van der Waals surface area contributed by atoms with Crippen molar-refractivity contribution >= 4 is 72.7 Å². The summed E-state index contributed by atoms with van der Waals surface area (Å²) >= 11 is 16.0. The fourth-order valence-corrected chi connectivity index (χ4v) is 7.64. The van der Waals surface area contributed by atoms with Crippen LogP contribution in [0.25, 0.3) is 0 Å². The van der Waals surface area contributed by atoms with Crippen LogP contribution in [0.2, 0.25) is 10.0 Å². The second kappa shape index (κ2) is 11.7. The summed E-state index contributed by atoms with van der Waals surface area (Å²) in [4.78, 5) is 33.2. The number of hydrogen-bond donors (Lipinski definition) is 0. The molecule has 0 bridgehead atoms. The van der Waals surface area contributed by atoms with Crippen LogP contribution in [0.3, 0.4) is 0 Å². The van der Waals surface area contributed by atoms with Gasteiger partial charge in [0.15, 0.2) is 5.03 Å². The van der Waals surface area contributed by atoms with Crippen molar-refractivity contribution in [3.63, 3.8) is 0 Å². The Morgan fingerprint density at radius 3 is 2.32 bits per heavy atom. The Hall–Kier alpha value is -2.48. The Kier molecular flexibility index (Phi) is 8.53. The van der Waals surface area contributed by atoms with Gasteiger partial charge in [-0.1, -0.05) is 51.3 Å². The van der Waals surface area contributed by atoms with Crippen molar-refractivity contribution in [2.24, 2.45) is 0 Å². The molecule has 0 N–H and O–H groups in total.